The molecular weight excluding hydrogens is 436 g/mol. The molecule has 0 nitrogen and oxygen atoms in total. The molecule has 0 bridgehead atoms. The molecule has 0 heterocycles. The van der Waals surface area contributed by atoms with Crippen molar-refractivity contribution in [2.24, 2.45) is 0 Å². The molecule has 0 aliphatic heterocycles. The van der Waals surface area contributed by atoms with Crippen molar-refractivity contribution in [2.75, 3.05) is 0 Å². The maximum absolute atomic E-state index is 0. The van der Waals surface area contributed by atoms with Crippen LogP contribution < -0.4 is 0 Å². The monoisotopic (exact) mass is 448 g/mol. The Kier molecular flexibility index (Phi) is 148. The van der Waals surface area contributed by atoms with Gasteiger partial charge in [0.1, 0.15) is 0 Å². The van der Waals surface area contributed by atoms with Crippen LogP contribution in [-0.4, -0.2) is 154 Å². The summed E-state index contributed by atoms with van der Waals surface area (Å²) < 4.78 is 0. The van der Waals surface area contributed by atoms with Gasteiger partial charge in [-0.2, -0.15) is 0 Å². The van der Waals surface area contributed by atoms with Crippen LogP contribution in [0.2, 0.25) is 0 Å². The number of hydrogen-bond acceptors (Lipinski definition) is 0. The van der Waals surface area contributed by atoms with Crippen LogP contribution in [0.4, 0.5) is 0 Å². The molecule has 0 aromatic carbocycles. The molecule has 0 aliphatic carbocycles. The van der Waals surface area contributed by atoms with E-state index in [1.54, 1.807) is 0 Å². The SMILES string of the molecule is [AlH3].[Ba+2].[Ca+2].[H-].[H-].[H-].[H-].[H-].[H-].[Mg+2].[PbH2]. The number of rotatable bonds is 0. The number of hydrogen-bond donors (Lipinski definition) is 0. The van der Waals surface area contributed by atoms with E-state index >= 15 is 0 Å². The second-order valence-corrected chi connectivity index (χ2v) is 0. The van der Waals surface area contributed by atoms with Gasteiger partial charge in [-0.05, 0) is 0 Å². The van der Waals surface area contributed by atoms with Gasteiger partial charge in [0.2, 0.25) is 0 Å². The summed E-state index contributed by atoms with van der Waals surface area (Å²) >= 11 is 0. The molecule has 0 atom stereocenters. The van der Waals surface area contributed by atoms with Gasteiger partial charge in [-0.3, -0.25) is 0 Å². The van der Waals surface area contributed by atoms with E-state index in [1.165, 1.54) is 0 Å². The van der Waals surface area contributed by atoms with E-state index in [9.17, 15) is 0 Å². The summed E-state index contributed by atoms with van der Waals surface area (Å²) in [5.41, 5.74) is 0. The van der Waals surface area contributed by atoms with Crippen molar-refractivity contribution < 1.29 is 8.56 Å². The maximum atomic E-state index is 0. The zero-order valence-corrected chi connectivity index (χ0v) is 16.4. The standard InChI is InChI=1S/Al.Ba.Ca.Mg.Pb.11H/q;3*+2;;;;;;;6*-1. The molecule has 0 unspecified atom stereocenters. The van der Waals surface area contributed by atoms with Gasteiger partial charge >= 0.3 is 137 Å². The molecule has 0 amide bonds. The zero-order chi connectivity index (χ0) is 0. The Morgan fingerprint density at radius 3 is 1.20 bits per heavy atom. The van der Waals surface area contributed by atoms with Gasteiger partial charge in [0, 0.05) is 0 Å². The molecule has 0 aliphatic rings. The molecular formula is H11AlBaCaMgPb. The molecule has 0 saturated carbocycles. The third-order valence-corrected chi connectivity index (χ3v) is 0. The van der Waals surface area contributed by atoms with Crippen LogP contribution in [0, 0.1) is 0 Å². The van der Waals surface area contributed by atoms with Crippen LogP contribution >= 0.6 is 0 Å². The van der Waals surface area contributed by atoms with E-state index in [4.69, 9.17) is 0 Å². The van der Waals surface area contributed by atoms with Gasteiger partial charge in [-0.25, -0.2) is 0 Å². The third kappa shape index (κ3) is 17.6. The summed E-state index contributed by atoms with van der Waals surface area (Å²) in [4.78, 5) is 0. The summed E-state index contributed by atoms with van der Waals surface area (Å²) in [6.07, 6.45) is 0. The Labute approximate surface area is 158 Å². The van der Waals surface area contributed by atoms with Crippen molar-refractivity contribution in [1.82, 2.24) is 0 Å². The third-order valence-electron chi connectivity index (χ3n) is 0. The normalized spacial score (nSPS) is 0. The van der Waals surface area contributed by atoms with Crippen molar-refractivity contribution in [1.29, 1.82) is 0 Å². The molecule has 0 aromatic heterocycles. The Morgan fingerprint density at radius 2 is 1.20 bits per heavy atom. The molecule has 0 fully saturated rings. The van der Waals surface area contributed by atoms with Crippen LogP contribution in [0.15, 0.2) is 0 Å². The summed E-state index contributed by atoms with van der Waals surface area (Å²) in [5.74, 6) is 0. The van der Waals surface area contributed by atoms with E-state index in [0.717, 1.165) is 0 Å². The van der Waals surface area contributed by atoms with E-state index in [0.29, 0.717) is 0 Å². The second kappa shape index (κ2) is 23.0. The van der Waals surface area contributed by atoms with Crippen molar-refractivity contribution >= 4 is 154 Å². The topological polar surface area (TPSA) is 0 Å². The fraction of sp³-hybridized carbons (Fsp3) is 0. The van der Waals surface area contributed by atoms with Gasteiger partial charge < -0.3 is 8.56 Å². The van der Waals surface area contributed by atoms with Crippen molar-refractivity contribution in [3.63, 3.8) is 0 Å². The first-order valence-corrected chi connectivity index (χ1v) is 0. The minimum atomic E-state index is 0. The van der Waals surface area contributed by atoms with Crippen LogP contribution in [0.1, 0.15) is 8.56 Å². The fourth-order valence-corrected chi connectivity index (χ4v) is 0. The summed E-state index contributed by atoms with van der Waals surface area (Å²) in [7, 11) is 0. The first-order chi connectivity index (χ1) is 0. The summed E-state index contributed by atoms with van der Waals surface area (Å²) in [6.45, 7) is 0. The molecule has 24 valence electrons. The first-order valence-electron chi connectivity index (χ1n) is 0. The minimum absolute atomic E-state index is 0. The predicted molar refractivity (Wildman–Crippen MR) is 42.4 cm³/mol. The fourth-order valence-electron chi connectivity index (χ4n) is 0. The molecule has 0 spiro atoms. The quantitative estimate of drug-likeness (QED) is 0.359. The van der Waals surface area contributed by atoms with Crippen LogP contribution in [0.5, 0.6) is 0 Å². The van der Waals surface area contributed by atoms with E-state index in [1.807, 2.05) is 0 Å². The first kappa shape index (κ1) is 32.3. The Balaban J connectivity index is 0. The van der Waals surface area contributed by atoms with Crippen molar-refractivity contribution in [3.05, 3.63) is 0 Å². The van der Waals surface area contributed by atoms with E-state index in [-0.39, 0.29) is 163 Å². The van der Waals surface area contributed by atoms with Crippen LogP contribution in [-0.2, 0) is 0 Å². The summed E-state index contributed by atoms with van der Waals surface area (Å²) in [5, 5.41) is 0. The zero-order valence-electron chi connectivity index (χ0n) is 8.83. The van der Waals surface area contributed by atoms with Crippen LogP contribution in [0.25, 0.3) is 0 Å². The van der Waals surface area contributed by atoms with Crippen LogP contribution in [0.3, 0.4) is 0 Å². The molecule has 0 rings (SSSR count). The van der Waals surface area contributed by atoms with Crippen molar-refractivity contribution in [2.45, 2.75) is 0 Å². The van der Waals surface area contributed by atoms with E-state index < -0.39 is 0 Å². The average Bonchev–Trinajstić information content (AvgIpc) is 0. The molecule has 0 saturated heterocycles. The van der Waals surface area contributed by atoms with Gasteiger partial charge in [0.25, 0.3) is 0 Å². The van der Waals surface area contributed by atoms with Crippen molar-refractivity contribution in [3.8, 4) is 0 Å². The molecule has 0 N–H and O–H groups in total. The molecule has 5 heteroatoms. The average molecular weight is 447 g/mol. The Hall–Kier alpha value is 5.05. The predicted octanol–water partition coefficient (Wildman–Crippen LogP) is -2.57. The van der Waals surface area contributed by atoms with Gasteiger partial charge in [-0.15, -0.1) is 0 Å². The summed E-state index contributed by atoms with van der Waals surface area (Å²) in [6, 6.07) is 0. The van der Waals surface area contributed by atoms with Gasteiger partial charge in [-0.1, -0.05) is 0 Å². The van der Waals surface area contributed by atoms with Gasteiger partial charge in [0.05, 0.1) is 0 Å². The molecule has 5 heavy (non-hydrogen) atoms. The second-order valence-electron chi connectivity index (χ2n) is 0. The Morgan fingerprint density at radius 1 is 1.20 bits per heavy atom. The van der Waals surface area contributed by atoms with Gasteiger partial charge in [0.15, 0.2) is 17.4 Å². The van der Waals surface area contributed by atoms with E-state index in [2.05, 4.69) is 0 Å². The molecule has 2 radical (unpaired) electrons. The molecule has 0 aromatic rings. The Bertz CT molecular complexity index is 22.5.